The van der Waals surface area contributed by atoms with Crippen LogP contribution in [-0.4, -0.2) is 28.9 Å². The first-order chi connectivity index (χ1) is 13.1. The zero-order valence-corrected chi connectivity index (χ0v) is 15.3. The lowest BCUT2D eigenvalue weighted by atomic mass is 10.1. The van der Waals surface area contributed by atoms with Gasteiger partial charge in [0.15, 0.2) is 0 Å². The molecule has 11 heteroatoms. The van der Waals surface area contributed by atoms with Gasteiger partial charge >= 0.3 is 12.2 Å². The van der Waals surface area contributed by atoms with Crippen LogP contribution in [0, 0.1) is 6.92 Å². The minimum Gasteiger partial charge on any atom is -0.325 e. The largest absolute Gasteiger partial charge is 0.416 e. The number of hydrogen-bond acceptors (Lipinski definition) is 5. The first-order valence-electron chi connectivity index (χ1n) is 8.15. The van der Waals surface area contributed by atoms with Gasteiger partial charge in [0.1, 0.15) is 11.0 Å². The van der Waals surface area contributed by atoms with Gasteiger partial charge in [0, 0.05) is 6.42 Å². The van der Waals surface area contributed by atoms with Crippen molar-refractivity contribution in [3.63, 3.8) is 0 Å². The van der Waals surface area contributed by atoms with Crippen molar-refractivity contribution in [3.05, 3.63) is 46.1 Å². The summed E-state index contributed by atoms with van der Waals surface area (Å²) in [6.07, 6.45) is -4.47. The summed E-state index contributed by atoms with van der Waals surface area (Å²) in [4.78, 5) is 38.9. The number of benzene rings is 1. The molecule has 0 aliphatic carbocycles. The maximum atomic E-state index is 12.8. The number of hydrogen-bond donors (Lipinski definition) is 3. The summed E-state index contributed by atoms with van der Waals surface area (Å²) >= 11 is 1.14. The van der Waals surface area contributed by atoms with Crippen LogP contribution in [-0.2, 0) is 22.2 Å². The van der Waals surface area contributed by atoms with Crippen LogP contribution < -0.4 is 16.0 Å². The first-order valence-corrected chi connectivity index (χ1v) is 8.97. The number of urea groups is 1. The van der Waals surface area contributed by atoms with E-state index in [1.54, 1.807) is 13.0 Å². The maximum Gasteiger partial charge on any atom is 0.416 e. The lowest BCUT2D eigenvalue weighted by Crippen LogP contribution is -2.33. The number of aryl methyl sites for hydroxylation is 1. The van der Waals surface area contributed by atoms with Crippen molar-refractivity contribution < 1.29 is 27.6 Å². The molecule has 1 saturated heterocycles. The normalized spacial score (nSPS) is 16.6. The summed E-state index contributed by atoms with van der Waals surface area (Å²) in [5, 5.41) is 7.96. The van der Waals surface area contributed by atoms with E-state index in [1.807, 2.05) is 5.32 Å². The molecule has 2 aromatic rings. The van der Waals surface area contributed by atoms with Crippen molar-refractivity contribution in [2.45, 2.75) is 32.0 Å². The molecular formula is C17H15F3N4O3S. The second-order valence-electron chi connectivity index (χ2n) is 6.16. The van der Waals surface area contributed by atoms with Crippen LogP contribution in [0.1, 0.15) is 28.2 Å². The third-order valence-electron chi connectivity index (χ3n) is 3.95. The number of amides is 4. The molecule has 148 valence electrons. The molecule has 0 radical (unpaired) electrons. The summed E-state index contributed by atoms with van der Waals surface area (Å²) in [5.41, 5.74) is 0.232. The van der Waals surface area contributed by atoms with E-state index < -0.39 is 35.6 Å². The molecule has 1 unspecified atom stereocenters. The number of anilines is 1. The Bertz CT molecular complexity index is 942. The molecule has 1 aromatic carbocycles. The van der Waals surface area contributed by atoms with Gasteiger partial charge in [-0.1, -0.05) is 18.2 Å². The number of halogens is 3. The molecule has 7 nitrogen and oxygen atoms in total. The third-order valence-corrected chi connectivity index (χ3v) is 5.02. The van der Waals surface area contributed by atoms with Crippen LogP contribution in [0.15, 0.2) is 24.3 Å². The highest BCUT2D eigenvalue weighted by Gasteiger charge is 2.32. The first kappa shape index (κ1) is 19.8. The van der Waals surface area contributed by atoms with Crippen LogP contribution >= 0.6 is 11.3 Å². The van der Waals surface area contributed by atoms with Gasteiger partial charge < -0.3 is 10.6 Å². The van der Waals surface area contributed by atoms with Gasteiger partial charge in [-0.05, 0) is 18.6 Å². The number of carbonyl (C=O) groups excluding carboxylic acids is 3. The lowest BCUT2D eigenvalue weighted by molar-refractivity contribution is -0.137. The molecule has 28 heavy (non-hydrogen) atoms. The molecule has 1 aliphatic heterocycles. The second kappa shape index (κ2) is 7.58. The Morgan fingerprint density at radius 3 is 2.71 bits per heavy atom. The molecule has 2 heterocycles. The SMILES string of the molecule is Cc1nc(Cc2cccc(C(F)(F)F)c2)sc1NC(=O)CC1NC(=O)NC1=O. The smallest absolute Gasteiger partial charge is 0.325 e. The van der Waals surface area contributed by atoms with Crippen molar-refractivity contribution in [3.8, 4) is 0 Å². The van der Waals surface area contributed by atoms with E-state index in [4.69, 9.17) is 0 Å². The second-order valence-corrected chi connectivity index (χ2v) is 7.25. The van der Waals surface area contributed by atoms with E-state index >= 15 is 0 Å². The third kappa shape index (κ3) is 4.66. The number of alkyl halides is 3. The van der Waals surface area contributed by atoms with Gasteiger partial charge in [0.05, 0.1) is 22.7 Å². The molecule has 3 N–H and O–H groups in total. The van der Waals surface area contributed by atoms with Gasteiger partial charge in [0.25, 0.3) is 5.91 Å². The Balaban J connectivity index is 1.66. The van der Waals surface area contributed by atoms with Gasteiger partial charge in [0.2, 0.25) is 5.91 Å². The molecule has 1 atom stereocenters. The molecule has 1 fully saturated rings. The van der Waals surface area contributed by atoms with Crippen molar-refractivity contribution in [1.82, 2.24) is 15.6 Å². The molecule has 0 saturated carbocycles. The van der Waals surface area contributed by atoms with Crippen LogP contribution in [0.3, 0.4) is 0 Å². The Morgan fingerprint density at radius 1 is 1.32 bits per heavy atom. The Labute approximate surface area is 161 Å². The fraction of sp³-hybridized carbons (Fsp3) is 0.294. The highest BCUT2D eigenvalue weighted by molar-refractivity contribution is 7.16. The van der Waals surface area contributed by atoms with Crippen LogP contribution in [0.25, 0.3) is 0 Å². The Kier molecular flexibility index (Phi) is 5.36. The summed E-state index contributed by atoms with van der Waals surface area (Å²) in [6.45, 7) is 1.66. The summed E-state index contributed by atoms with van der Waals surface area (Å²) in [6, 6.07) is 3.38. The van der Waals surface area contributed by atoms with Gasteiger partial charge in [-0.15, -0.1) is 11.3 Å². The van der Waals surface area contributed by atoms with Crippen molar-refractivity contribution in [2.75, 3.05) is 5.32 Å². The fourth-order valence-electron chi connectivity index (χ4n) is 2.64. The Morgan fingerprint density at radius 2 is 2.07 bits per heavy atom. The highest BCUT2D eigenvalue weighted by atomic mass is 32.1. The van der Waals surface area contributed by atoms with Crippen LogP contribution in [0.4, 0.5) is 23.0 Å². The average Bonchev–Trinajstić information content (AvgIpc) is 3.08. The van der Waals surface area contributed by atoms with Crippen molar-refractivity contribution in [1.29, 1.82) is 0 Å². The summed E-state index contributed by atoms with van der Waals surface area (Å²) in [5.74, 6) is -1.06. The number of aromatic nitrogens is 1. The highest BCUT2D eigenvalue weighted by Crippen LogP contribution is 2.31. The van der Waals surface area contributed by atoms with E-state index in [2.05, 4.69) is 15.6 Å². The quantitative estimate of drug-likeness (QED) is 0.658. The van der Waals surface area contributed by atoms with E-state index in [-0.39, 0.29) is 12.8 Å². The molecule has 0 bridgehead atoms. The molecule has 3 rings (SSSR count). The zero-order chi connectivity index (χ0) is 20.5. The molecule has 1 aliphatic rings. The number of thiazole rings is 1. The van der Waals surface area contributed by atoms with E-state index in [0.717, 1.165) is 23.5 Å². The van der Waals surface area contributed by atoms with Gasteiger partial charge in [-0.25, -0.2) is 9.78 Å². The monoisotopic (exact) mass is 412 g/mol. The fourth-order valence-corrected chi connectivity index (χ4v) is 3.66. The number of nitrogens with zero attached hydrogens (tertiary/aromatic N) is 1. The molecule has 4 amide bonds. The predicted octanol–water partition coefficient (Wildman–Crippen LogP) is 2.60. The maximum absolute atomic E-state index is 12.8. The van der Waals surface area contributed by atoms with E-state index in [1.165, 1.54) is 6.07 Å². The topological polar surface area (TPSA) is 100 Å². The predicted molar refractivity (Wildman–Crippen MR) is 94.8 cm³/mol. The number of nitrogens with one attached hydrogen (secondary N) is 3. The Hall–Kier alpha value is -2.95. The van der Waals surface area contributed by atoms with Gasteiger partial charge in [-0.3, -0.25) is 14.9 Å². The minimum absolute atomic E-state index is 0.187. The number of carbonyl (C=O) groups is 3. The number of imide groups is 1. The number of rotatable bonds is 5. The molecular weight excluding hydrogens is 397 g/mol. The minimum atomic E-state index is -4.42. The van der Waals surface area contributed by atoms with E-state index in [0.29, 0.717) is 21.3 Å². The van der Waals surface area contributed by atoms with Crippen LogP contribution in [0.5, 0.6) is 0 Å². The molecule has 0 spiro atoms. The summed E-state index contributed by atoms with van der Waals surface area (Å²) < 4.78 is 38.5. The van der Waals surface area contributed by atoms with Crippen molar-refractivity contribution >= 4 is 34.2 Å². The van der Waals surface area contributed by atoms with Gasteiger partial charge in [-0.2, -0.15) is 13.2 Å². The lowest BCUT2D eigenvalue weighted by Gasteiger charge is -2.08. The van der Waals surface area contributed by atoms with E-state index in [9.17, 15) is 27.6 Å². The summed E-state index contributed by atoms with van der Waals surface area (Å²) in [7, 11) is 0. The standard InChI is InChI=1S/C17H15F3N4O3S/c1-8-15(23-12(25)7-11-14(26)24-16(27)22-11)28-13(21-8)6-9-3-2-4-10(5-9)17(18,19)20/h2-5,11H,6-7H2,1H3,(H,23,25)(H2,22,24,26,27). The van der Waals surface area contributed by atoms with Crippen LogP contribution in [0.2, 0.25) is 0 Å². The average molecular weight is 412 g/mol. The zero-order valence-electron chi connectivity index (χ0n) is 14.5. The van der Waals surface area contributed by atoms with Crippen molar-refractivity contribution in [2.24, 2.45) is 0 Å². The molecule has 1 aromatic heterocycles.